The van der Waals surface area contributed by atoms with Crippen molar-refractivity contribution in [3.63, 3.8) is 0 Å². The van der Waals surface area contributed by atoms with Crippen LogP contribution < -0.4 is 11.0 Å². The van der Waals surface area contributed by atoms with Crippen molar-refractivity contribution in [3.05, 3.63) is 130 Å². The van der Waals surface area contributed by atoms with E-state index in [9.17, 15) is 0 Å². The molecule has 0 saturated heterocycles. The number of nitrogens with zero attached hydrogens (tertiary/aromatic N) is 8. The molecule has 45 heavy (non-hydrogen) atoms. The molecule has 11 heteroatoms. The van der Waals surface area contributed by atoms with Crippen molar-refractivity contribution >= 4 is 65.4 Å². The summed E-state index contributed by atoms with van der Waals surface area (Å²) >= 11 is 0. The van der Waals surface area contributed by atoms with Crippen molar-refractivity contribution in [2.75, 3.05) is 14.2 Å². The van der Waals surface area contributed by atoms with Gasteiger partial charge in [0.25, 0.3) is 0 Å². The quantitative estimate of drug-likeness (QED) is 0.269. The van der Waals surface area contributed by atoms with Gasteiger partial charge in [0.05, 0.1) is 0 Å². The third-order valence-electron chi connectivity index (χ3n) is 8.85. The smallest absolute Gasteiger partial charge is 0.364 e. The van der Waals surface area contributed by atoms with Crippen LogP contribution in [-0.2, 0) is 8.85 Å². The number of hydrogen-bond acceptors (Lipinski definition) is 8. The number of fused-ring (bicyclic) bond motifs is 14. The molecule has 10 rings (SSSR count). The van der Waals surface area contributed by atoms with Crippen LogP contribution in [0.3, 0.4) is 0 Å². The first-order valence-electron chi connectivity index (χ1n) is 14.6. The van der Waals surface area contributed by atoms with Gasteiger partial charge in [-0.1, -0.05) is 97.1 Å². The Kier molecular flexibility index (Phi) is 4.81. The highest BCUT2D eigenvalue weighted by Crippen LogP contribution is 2.43. The highest BCUT2D eigenvalue weighted by atomic mass is 28.4. The maximum atomic E-state index is 6.67. The average molecular weight is 603 g/mol. The number of amidine groups is 4. The normalized spacial score (nSPS) is 20.4. The van der Waals surface area contributed by atoms with E-state index in [1.165, 1.54) is 0 Å². The lowest BCUT2D eigenvalue weighted by molar-refractivity contribution is 0.217. The Balaban J connectivity index is 1.55. The summed E-state index contributed by atoms with van der Waals surface area (Å²) in [6.45, 7) is 0. The summed E-state index contributed by atoms with van der Waals surface area (Å²) in [6.07, 6.45) is 0. The molecule has 0 amide bonds. The Morgan fingerprint density at radius 3 is 1.18 bits per heavy atom. The second-order valence-electron chi connectivity index (χ2n) is 11.1. The van der Waals surface area contributed by atoms with Crippen LogP contribution >= 0.6 is 0 Å². The molecule has 0 N–H and O–H groups in total. The molecular formula is C34H22N8O2Si. The fourth-order valence-corrected chi connectivity index (χ4v) is 9.73. The first kappa shape index (κ1) is 24.8. The van der Waals surface area contributed by atoms with Crippen LogP contribution in [0.2, 0.25) is 0 Å². The molecule has 0 spiro atoms. The molecule has 6 aromatic rings. The Bertz CT molecular complexity index is 2420. The summed E-state index contributed by atoms with van der Waals surface area (Å²) in [5.41, 5.74) is 4.87. The van der Waals surface area contributed by atoms with Gasteiger partial charge in [0, 0.05) is 58.0 Å². The van der Waals surface area contributed by atoms with Gasteiger partial charge in [-0.15, -0.1) is 0 Å². The summed E-state index contributed by atoms with van der Waals surface area (Å²) < 4.78 is 17.4. The number of aliphatic imine (C=N–C) groups is 4. The van der Waals surface area contributed by atoms with Crippen molar-refractivity contribution in [1.82, 2.24) is 8.47 Å². The molecule has 0 fully saturated rings. The Morgan fingerprint density at radius 2 is 0.778 bits per heavy atom. The molecule has 4 aromatic carbocycles. The molecule has 0 saturated carbocycles. The number of aromatic nitrogens is 2. The van der Waals surface area contributed by atoms with Gasteiger partial charge < -0.3 is 8.85 Å². The van der Waals surface area contributed by atoms with Crippen LogP contribution in [0.4, 0.5) is 11.6 Å². The highest BCUT2D eigenvalue weighted by Gasteiger charge is 2.51. The summed E-state index contributed by atoms with van der Waals surface area (Å²) in [7, 11) is -0.492. The zero-order valence-corrected chi connectivity index (χ0v) is 25.1. The summed E-state index contributed by atoms with van der Waals surface area (Å²) in [6, 6.07) is 32.3. The van der Waals surface area contributed by atoms with E-state index in [1.54, 1.807) is 14.2 Å². The van der Waals surface area contributed by atoms with E-state index in [2.05, 4.69) is 24.3 Å². The van der Waals surface area contributed by atoms with Gasteiger partial charge in [-0.25, -0.2) is 30.0 Å². The van der Waals surface area contributed by atoms with Crippen molar-refractivity contribution in [2.45, 2.75) is 0 Å². The van der Waals surface area contributed by atoms with Crippen molar-refractivity contribution in [1.29, 1.82) is 0 Å². The largest absolute Gasteiger partial charge is 0.602 e. The van der Waals surface area contributed by atoms with Gasteiger partial charge in [0.1, 0.15) is 22.6 Å². The van der Waals surface area contributed by atoms with E-state index in [0.29, 0.717) is 46.0 Å². The lowest BCUT2D eigenvalue weighted by Crippen LogP contribution is -2.62. The van der Waals surface area contributed by atoms with E-state index in [0.717, 1.165) is 43.8 Å². The molecule has 0 aliphatic carbocycles. The minimum absolute atomic E-state index is 0.566. The molecule has 10 nitrogen and oxygen atoms in total. The summed E-state index contributed by atoms with van der Waals surface area (Å²) in [5.74, 6) is 3.52. The molecule has 0 radical (unpaired) electrons. The molecule has 4 aliphatic heterocycles. The van der Waals surface area contributed by atoms with Crippen LogP contribution in [-0.4, -0.2) is 54.9 Å². The maximum Gasteiger partial charge on any atom is 0.602 e. The van der Waals surface area contributed by atoms with Crippen LogP contribution in [0.1, 0.15) is 22.3 Å². The molecule has 4 aliphatic rings. The minimum Gasteiger partial charge on any atom is -0.364 e. The van der Waals surface area contributed by atoms with Crippen molar-refractivity contribution in [3.8, 4) is 0 Å². The lowest BCUT2D eigenvalue weighted by atomic mass is 10.1. The van der Waals surface area contributed by atoms with E-state index >= 15 is 0 Å². The van der Waals surface area contributed by atoms with Gasteiger partial charge >= 0.3 is 8.88 Å². The third kappa shape index (κ3) is 3.08. The Hall–Kier alpha value is -5.62. The van der Waals surface area contributed by atoms with Crippen LogP contribution in [0.5, 0.6) is 0 Å². The highest BCUT2D eigenvalue weighted by molar-refractivity contribution is 6.66. The van der Waals surface area contributed by atoms with Crippen LogP contribution in [0.25, 0.3) is 21.5 Å². The summed E-state index contributed by atoms with van der Waals surface area (Å²) in [5, 5.41) is 3.56. The first-order valence-corrected chi connectivity index (χ1v) is 16.3. The lowest BCUT2D eigenvalue weighted by Gasteiger charge is -2.30. The average Bonchev–Trinajstić information content (AvgIpc) is 3.80. The van der Waals surface area contributed by atoms with Crippen LogP contribution in [0, 0.1) is 0 Å². The van der Waals surface area contributed by atoms with E-state index in [1.807, 2.05) is 81.3 Å². The Morgan fingerprint density at radius 1 is 0.422 bits per heavy atom. The summed E-state index contributed by atoms with van der Waals surface area (Å²) in [4.78, 5) is 31.2. The number of rotatable bonds is 2. The van der Waals surface area contributed by atoms with Gasteiger partial charge in [-0.05, 0) is 0 Å². The second kappa shape index (κ2) is 8.73. The fourth-order valence-electron chi connectivity index (χ4n) is 6.88. The zero-order chi connectivity index (χ0) is 29.9. The number of benzene rings is 4. The SMILES string of the molecule is CO[Si]1(OC)n2c3c4ccccc4c2/N=C2N=C(/N=c4/c5ccccc5/c(n41)=N/C1=NC(=N\3)/c3ccccc31)c1ccccc1\2. The van der Waals surface area contributed by atoms with E-state index in [4.69, 9.17) is 38.8 Å². The van der Waals surface area contributed by atoms with Crippen molar-refractivity contribution < 1.29 is 8.85 Å². The fraction of sp³-hybridized carbons (Fsp3) is 0.0588. The first-order chi connectivity index (χ1) is 22.2. The van der Waals surface area contributed by atoms with Crippen molar-refractivity contribution in [2.24, 2.45) is 30.0 Å². The maximum absolute atomic E-state index is 6.67. The van der Waals surface area contributed by atoms with E-state index in [-0.39, 0.29) is 0 Å². The minimum atomic E-state index is -3.84. The Labute approximate surface area is 256 Å². The molecule has 6 heterocycles. The molecule has 2 aromatic heterocycles. The molecule has 6 bridgehead atoms. The standard InChI is InChI=1S/C34H22N8O2Si/c1-43-45(44-2)41-31-23-15-7-8-16-24(23)33(41)39-29-21-13-5-6-14-22(21)30(36-29)40-34-26-18-10-9-17-25(26)32(42(34)45)38-28-20-12-4-3-11-19(20)27(35-28)37-31/h3-18H,1-2H3/b37-27-,37-31?,38-28?,38-32-,39-29-,39-33?,40-30?,40-34-. The molecule has 0 unspecified atom stereocenters. The van der Waals surface area contributed by atoms with Gasteiger partial charge in [0.2, 0.25) is 0 Å². The van der Waals surface area contributed by atoms with Gasteiger partial charge in [0.15, 0.2) is 23.3 Å². The molecule has 0 atom stereocenters. The monoisotopic (exact) mass is 602 g/mol. The van der Waals surface area contributed by atoms with Gasteiger partial charge in [-0.3, -0.25) is 8.47 Å². The number of hydrogen-bond donors (Lipinski definition) is 0. The van der Waals surface area contributed by atoms with Gasteiger partial charge in [-0.2, -0.15) is 0 Å². The predicted octanol–water partition coefficient (Wildman–Crippen LogP) is 4.66. The second-order valence-corrected chi connectivity index (χ2v) is 13.9. The predicted molar refractivity (Wildman–Crippen MR) is 175 cm³/mol. The van der Waals surface area contributed by atoms with E-state index < -0.39 is 8.88 Å². The third-order valence-corrected chi connectivity index (χ3v) is 11.9. The topological polar surface area (TPSA) is 102 Å². The zero-order valence-electron chi connectivity index (χ0n) is 24.1. The molecular weight excluding hydrogens is 581 g/mol. The van der Waals surface area contributed by atoms with Crippen LogP contribution in [0.15, 0.2) is 127 Å². The molecule has 214 valence electrons.